The third-order valence-corrected chi connectivity index (χ3v) is 2.13. The van der Waals surface area contributed by atoms with Gasteiger partial charge in [-0.1, -0.05) is 12.2 Å². The molecule has 0 spiro atoms. The fourth-order valence-corrected chi connectivity index (χ4v) is 1.59. The Kier molecular flexibility index (Phi) is 2.79. The van der Waals surface area contributed by atoms with Crippen molar-refractivity contribution in [2.75, 3.05) is 7.05 Å². The highest BCUT2D eigenvalue weighted by atomic mass is 32.1. The summed E-state index contributed by atoms with van der Waals surface area (Å²) in [6.45, 7) is 5.88. The molecule has 0 aromatic carbocycles. The van der Waals surface area contributed by atoms with E-state index in [0.717, 1.165) is 11.3 Å². The molecule has 1 N–H and O–H groups in total. The molecule has 0 amide bonds. The molecule has 0 fully saturated rings. The summed E-state index contributed by atoms with van der Waals surface area (Å²) in [7, 11) is 1.92. The van der Waals surface area contributed by atoms with Gasteiger partial charge < -0.3 is 5.32 Å². The number of hydrogen-bond acceptors (Lipinski definition) is 3. The second kappa shape index (κ2) is 3.64. The maximum Gasteiger partial charge on any atom is 0.0795 e. The quantitative estimate of drug-likeness (QED) is 0.698. The van der Waals surface area contributed by atoms with Gasteiger partial charge in [0.25, 0.3) is 0 Å². The van der Waals surface area contributed by atoms with Crippen LogP contribution < -0.4 is 5.32 Å². The van der Waals surface area contributed by atoms with Crippen molar-refractivity contribution in [3.8, 4) is 0 Å². The second-order valence-electron chi connectivity index (χ2n) is 2.48. The van der Waals surface area contributed by atoms with Crippen molar-refractivity contribution in [2.24, 2.45) is 0 Å². The number of likely N-dealkylation sites (N-methyl/N-ethyl adjacent to an activating group) is 1. The van der Waals surface area contributed by atoms with E-state index >= 15 is 0 Å². The number of nitrogens with zero attached hydrogens (tertiary/aromatic N) is 1. The lowest BCUT2D eigenvalue weighted by molar-refractivity contribution is 0.664. The molecular weight excluding hydrogens is 156 g/mol. The first-order chi connectivity index (χ1) is 5.25. The molecule has 0 saturated heterocycles. The third-order valence-electron chi connectivity index (χ3n) is 1.53. The molecule has 3 heteroatoms. The van der Waals surface area contributed by atoms with Crippen LogP contribution >= 0.6 is 11.3 Å². The first kappa shape index (κ1) is 8.43. The van der Waals surface area contributed by atoms with E-state index in [0.29, 0.717) is 0 Å². The fourth-order valence-electron chi connectivity index (χ4n) is 1.01. The van der Waals surface area contributed by atoms with Crippen molar-refractivity contribution >= 4 is 11.3 Å². The van der Waals surface area contributed by atoms with Gasteiger partial charge in [-0.05, 0) is 14.0 Å². The van der Waals surface area contributed by atoms with Crippen LogP contribution in [0.4, 0.5) is 0 Å². The minimum absolute atomic E-state index is 0.209. The Morgan fingerprint density at radius 3 is 2.91 bits per heavy atom. The molecule has 1 rings (SSSR count). The largest absolute Gasteiger partial charge is 0.308 e. The van der Waals surface area contributed by atoms with Crippen LogP contribution in [0.1, 0.15) is 18.7 Å². The first-order valence-electron chi connectivity index (χ1n) is 3.46. The molecule has 11 heavy (non-hydrogen) atoms. The maximum absolute atomic E-state index is 4.20. The summed E-state index contributed by atoms with van der Waals surface area (Å²) in [5.41, 5.74) is 3.99. The second-order valence-corrected chi connectivity index (χ2v) is 3.20. The van der Waals surface area contributed by atoms with Crippen LogP contribution in [0.25, 0.3) is 0 Å². The molecule has 1 unspecified atom stereocenters. The summed E-state index contributed by atoms with van der Waals surface area (Å²) >= 11 is 1.61. The molecule has 0 saturated carbocycles. The smallest absolute Gasteiger partial charge is 0.0795 e. The zero-order valence-electron chi connectivity index (χ0n) is 6.79. The van der Waals surface area contributed by atoms with E-state index in [-0.39, 0.29) is 6.04 Å². The minimum Gasteiger partial charge on any atom is -0.308 e. The zero-order valence-corrected chi connectivity index (χ0v) is 7.61. The van der Waals surface area contributed by atoms with E-state index in [4.69, 9.17) is 0 Å². The van der Waals surface area contributed by atoms with Crippen molar-refractivity contribution in [1.29, 1.82) is 0 Å². The van der Waals surface area contributed by atoms with Gasteiger partial charge in [0.2, 0.25) is 0 Å². The highest BCUT2D eigenvalue weighted by Gasteiger charge is 2.10. The topological polar surface area (TPSA) is 24.9 Å². The summed E-state index contributed by atoms with van der Waals surface area (Å²) in [6.07, 6.45) is 0. The van der Waals surface area contributed by atoms with E-state index in [1.165, 1.54) is 0 Å². The molecule has 2 nitrogen and oxygen atoms in total. The molecule has 0 bridgehead atoms. The molecule has 1 heterocycles. The Morgan fingerprint density at radius 2 is 2.55 bits per heavy atom. The van der Waals surface area contributed by atoms with Gasteiger partial charge in [0.05, 0.1) is 17.2 Å². The van der Waals surface area contributed by atoms with Crippen molar-refractivity contribution in [3.63, 3.8) is 0 Å². The summed E-state index contributed by atoms with van der Waals surface area (Å²) < 4.78 is 0. The zero-order chi connectivity index (χ0) is 8.27. The molecule has 1 aromatic heterocycles. The summed E-state index contributed by atoms with van der Waals surface area (Å²) in [6, 6.07) is 0.209. The molecule has 0 radical (unpaired) electrons. The average molecular weight is 168 g/mol. The van der Waals surface area contributed by atoms with E-state index in [9.17, 15) is 0 Å². The van der Waals surface area contributed by atoms with Crippen LogP contribution in [0.5, 0.6) is 0 Å². The van der Waals surface area contributed by atoms with Crippen molar-refractivity contribution in [3.05, 3.63) is 28.7 Å². The monoisotopic (exact) mass is 168 g/mol. The number of hydrogen-bond donors (Lipinski definition) is 1. The van der Waals surface area contributed by atoms with Gasteiger partial charge in [-0.2, -0.15) is 0 Å². The number of aromatic nitrogens is 1. The molecular formula is C8H12N2S. The van der Waals surface area contributed by atoms with E-state index in [2.05, 4.69) is 16.9 Å². The van der Waals surface area contributed by atoms with Crippen molar-refractivity contribution in [2.45, 2.75) is 13.0 Å². The van der Waals surface area contributed by atoms with Crippen molar-refractivity contribution < 1.29 is 0 Å². The van der Waals surface area contributed by atoms with Gasteiger partial charge in [-0.25, -0.2) is 4.98 Å². The molecule has 0 aliphatic rings. The summed E-state index contributed by atoms with van der Waals surface area (Å²) in [4.78, 5) is 4.20. The van der Waals surface area contributed by atoms with Gasteiger partial charge in [-0.3, -0.25) is 0 Å². The molecule has 1 aromatic rings. The number of rotatable bonds is 3. The predicted molar refractivity (Wildman–Crippen MR) is 48.7 cm³/mol. The standard InChI is InChI=1S/C8H12N2S/c1-6(2)8(9-3)7-4-11-5-10-7/h4-5,8-9H,1H2,2-3H3. The Hall–Kier alpha value is -0.670. The van der Waals surface area contributed by atoms with Gasteiger partial charge >= 0.3 is 0 Å². The lowest BCUT2D eigenvalue weighted by Gasteiger charge is -2.12. The van der Waals surface area contributed by atoms with Crippen LogP contribution in [0.2, 0.25) is 0 Å². The average Bonchev–Trinajstić information content (AvgIpc) is 2.40. The molecule has 0 aliphatic heterocycles. The van der Waals surface area contributed by atoms with Crippen LogP contribution in [0.3, 0.4) is 0 Å². The predicted octanol–water partition coefficient (Wildman–Crippen LogP) is 1.98. The van der Waals surface area contributed by atoms with Gasteiger partial charge in [0.1, 0.15) is 0 Å². The van der Waals surface area contributed by atoms with Gasteiger partial charge in [0.15, 0.2) is 0 Å². The van der Waals surface area contributed by atoms with E-state index < -0.39 is 0 Å². The molecule has 60 valence electrons. The van der Waals surface area contributed by atoms with Gasteiger partial charge in [-0.15, -0.1) is 11.3 Å². The lowest BCUT2D eigenvalue weighted by Crippen LogP contribution is -2.17. The first-order valence-corrected chi connectivity index (χ1v) is 4.40. The van der Waals surface area contributed by atoms with E-state index in [1.54, 1.807) is 11.3 Å². The Bertz CT molecular complexity index is 228. The fraction of sp³-hybridized carbons (Fsp3) is 0.375. The Morgan fingerprint density at radius 1 is 1.82 bits per heavy atom. The third kappa shape index (κ3) is 1.88. The maximum atomic E-state index is 4.20. The SMILES string of the molecule is C=C(C)C(NC)c1cscn1. The Labute approximate surface area is 71.0 Å². The van der Waals surface area contributed by atoms with Crippen LogP contribution in [0.15, 0.2) is 23.0 Å². The minimum atomic E-state index is 0.209. The highest BCUT2D eigenvalue weighted by molar-refractivity contribution is 7.07. The van der Waals surface area contributed by atoms with Crippen LogP contribution in [-0.2, 0) is 0 Å². The Balaban J connectivity index is 2.79. The molecule has 0 aliphatic carbocycles. The summed E-state index contributed by atoms with van der Waals surface area (Å²) in [5, 5.41) is 5.19. The summed E-state index contributed by atoms with van der Waals surface area (Å²) in [5.74, 6) is 0. The van der Waals surface area contributed by atoms with Crippen molar-refractivity contribution in [1.82, 2.24) is 10.3 Å². The van der Waals surface area contributed by atoms with Crippen LogP contribution in [0, 0.1) is 0 Å². The normalized spacial score (nSPS) is 12.9. The number of nitrogens with one attached hydrogen (secondary N) is 1. The van der Waals surface area contributed by atoms with Crippen LogP contribution in [-0.4, -0.2) is 12.0 Å². The van der Waals surface area contributed by atoms with Gasteiger partial charge in [0, 0.05) is 5.38 Å². The molecule has 1 atom stereocenters. The number of thiazole rings is 1. The van der Waals surface area contributed by atoms with E-state index in [1.807, 2.05) is 24.9 Å². The highest BCUT2D eigenvalue weighted by Crippen LogP contribution is 2.18. The lowest BCUT2D eigenvalue weighted by atomic mass is 10.1.